The van der Waals surface area contributed by atoms with Gasteiger partial charge in [-0.05, 0) is 11.6 Å². The summed E-state index contributed by atoms with van der Waals surface area (Å²) in [4.78, 5) is 3.87. The Morgan fingerprint density at radius 2 is 2.38 bits per heavy atom. The molecule has 1 aromatic rings. The van der Waals surface area contributed by atoms with Crippen molar-refractivity contribution >= 4 is 12.0 Å². The van der Waals surface area contributed by atoms with Crippen LogP contribution in [0.1, 0.15) is 5.56 Å². The van der Waals surface area contributed by atoms with Crippen LogP contribution < -0.4 is 16.7 Å². The van der Waals surface area contributed by atoms with E-state index in [0.717, 1.165) is 0 Å². The van der Waals surface area contributed by atoms with Gasteiger partial charge >= 0.3 is 0 Å². The molecule has 6 nitrogen and oxygen atoms in total. The Bertz CT molecular complexity index is 301. The van der Waals surface area contributed by atoms with E-state index in [0.29, 0.717) is 11.3 Å². The quantitative estimate of drug-likeness (QED) is 0.244. The second kappa shape index (κ2) is 4.39. The van der Waals surface area contributed by atoms with E-state index in [4.69, 9.17) is 16.8 Å². The number of aliphatic hydroxyl groups is 1. The Labute approximate surface area is 75.5 Å². The summed E-state index contributed by atoms with van der Waals surface area (Å²) in [7, 11) is 0. The Morgan fingerprint density at radius 3 is 3.00 bits per heavy atom. The van der Waals surface area contributed by atoms with Gasteiger partial charge in [0.25, 0.3) is 0 Å². The third kappa shape index (κ3) is 2.39. The van der Waals surface area contributed by atoms with Gasteiger partial charge in [0.05, 0.1) is 18.5 Å². The molecule has 0 radical (unpaired) electrons. The van der Waals surface area contributed by atoms with Crippen LogP contribution in [0.15, 0.2) is 23.6 Å². The molecule has 0 spiro atoms. The third-order valence-electron chi connectivity index (χ3n) is 1.45. The Kier molecular flexibility index (Phi) is 3.18. The Hall–Kier alpha value is -1.66. The predicted molar refractivity (Wildman–Crippen MR) is 49.5 cm³/mol. The number of hydrazone groups is 1. The second-order valence-electron chi connectivity index (χ2n) is 2.38. The average Bonchev–Trinajstić information content (AvgIpc) is 2.18. The van der Waals surface area contributed by atoms with Gasteiger partial charge in [0.2, 0.25) is 0 Å². The number of nitrogens with two attached hydrogens (primary N) is 2. The number of hydrazine groups is 1. The molecule has 70 valence electrons. The minimum absolute atomic E-state index is 0.0750. The molecule has 5 N–H and O–H groups in total. The van der Waals surface area contributed by atoms with Gasteiger partial charge < -0.3 is 10.9 Å². The molecule has 1 heterocycles. The Balaban J connectivity index is 2.87. The van der Waals surface area contributed by atoms with Gasteiger partial charge in [-0.3, -0.25) is 9.99 Å². The molecule has 0 aliphatic carbocycles. The van der Waals surface area contributed by atoms with Crippen LogP contribution in [0.4, 0.5) is 5.69 Å². The van der Waals surface area contributed by atoms with Crippen molar-refractivity contribution in [3.05, 3.63) is 24.0 Å². The first-order chi connectivity index (χ1) is 6.27. The van der Waals surface area contributed by atoms with Crippen LogP contribution >= 0.6 is 0 Å². The van der Waals surface area contributed by atoms with Crippen LogP contribution in [0.5, 0.6) is 0 Å². The summed E-state index contributed by atoms with van der Waals surface area (Å²) in [5.41, 5.74) is 1.29. The zero-order valence-corrected chi connectivity index (χ0v) is 6.96. The summed E-state index contributed by atoms with van der Waals surface area (Å²) in [5, 5.41) is 13.3. The highest BCUT2D eigenvalue weighted by Gasteiger charge is 1.99. The largest absolute Gasteiger partial charge is 0.392 e. The van der Waals surface area contributed by atoms with Gasteiger partial charge in [0.1, 0.15) is 6.34 Å². The van der Waals surface area contributed by atoms with Gasteiger partial charge in [0.15, 0.2) is 0 Å². The Morgan fingerprint density at radius 1 is 1.62 bits per heavy atom. The van der Waals surface area contributed by atoms with Gasteiger partial charge in [-0.1, -0.05) is 0 Å². The maximum absolute atomic E-state index is 8.82. The normalized spacial score (nSPS) is 10.6. The molecule has 13 heavy (non-hydrogen) atoms. The first kappa shape index (κ1) is 9.43. The smallest absolute Gasteiger partial charge is 0.129 e. The SMILES string of the molecule is N/N=C\N(N)c1cncc(CO)c1. The first-order valence-corrected chi connectivity index (χ1v) is 3.60. The van der Waals surface area contributed by atoms with E-state index in [1.807, 2.05) is 0 Å². The van der Waals surface area contributed by atoms with E-state index in [-0.39, 0.29) is 6.61 Å². The van der Waals surface area contributed by atoms with Crippen molar-refractivity contribution in [2.75, 3.05) is 5.01 Å². The fourth-order valence-electron chi connectivity index (χ4n) is 0.840. The number of rotatable bonds is 3. The van der Waals surface area contributed by atoms with Gasteiger partial charge in [0, 0.05) is 6.20 Å². The zero-order valence-electron chi connectivity index (χ0n) is 6.96. The van der Waals surface area contributed by atoms with Crippen molar-refractivity contribution in [1.82, 2.24) is 4.98 Å². The van der Waals surface area contributed by atoms with Gasteiger partial charge in [-0.2, -0.15) is 5.10 Å². The maximum atomic E-state index is 8.82. The number of pyridine rings is 1. The summed E-state index contributed by atoms with van der Waals surface area (Å²) < 4.78 is 0. The molecule has 0 unspecified atom stereocenters. The summed E-state index contributed by atoms with van der Waals surface area (Å²) in [6.07, 6.45) is 4.34. The maximum Gasteiger partial charge on any atom is 0.129 e. The molecule has 0 saturated carbocycles. The zero-order chi connectivity index (χ0) is 9.68. The molecular weight excluding hydrogens is 170 g/mol. The summed E-state index contributed by atoms with van der Waals surface area (Å²) in [5.74, 6) is 10.4. The van der Waals surface area contributed by atoms with Crippen molar-refractivity contribution in [2.45, 2.75) is 6.61 Å². The molecule has 1 rings (SSSR count). The third-order valence-corrected chi connectivity index (χ3v) is 1.45. The molecule has 6 heteroatoms. The molecule has 0 bridgehead atoms. The molecule has 0 aliphatic heterocycles. The van der Waals surface area contributed by atoms with E-state index < -0.39 is 0 Å². The second-order valence-corrected chi connectivity index (χ2v) is 2.38. The summed E-state index contributed by atoms with van der Waals surface area (Å²) >= 11 is 0. The molecular formula is C7H11N5O. The fraction of sp³-hybridized carbons (Fsp3) is 0.143. The van der Waals surface area contributed by atoms with E-state index >= 15 is 0 Å². The molecule has 0 aromatic carbocycles. The fourth-order valence-corrected chi connectivity index (χ4v) is 0.840. The van der Waals surface area contributed by atoms with Crippen LogP contribution in [0.25, 0.3) is 0 Å². The van der Waals surface area contributed by atoms with Crippen LogP contribution in [-0.4, -0.2) is 16.4 Å². The summed E-state index contributed by atoms with van der Waals surface area (Å²) in [6, 6.07) is 1.69. The number of hydrogen-bond acceptors (Lipinski definition) is 5. The molecule has 0 fully saturated rings. The molecule has 0 amide bonds. The first-order valence-electron chi connectivity index (χ1n) is 3.60. The van der Waals surface area contributed by atoms with Crippen molar-refractivity contribution in [3.8, 4) is 0 Å². The van der Waals surface area contributed by atoms with Crippen molar-refractivity contribution in [2.24, 2.45) is 16.8 Å². The van der Waals surface area contributed by atoms with Crippen LogP contribution in [-0.2, 0) is 6.61 Å². The highest BCUT2D eigenvalue weighted by molar-refractivity contribution is 5.76. The van der Waals surface area contributed by atoms with Crippen molar-refractivity contribution in [1.29, 1.82) is 0 Å². The molecule has 0 atom stereocenters. The standard InChI is InChI=1S/C7H11N5O/c8-11-5-12(9)7-1-6(4-13)2-10-3-7/h1-3,5,13H,4,8-9H2/b11-5-. The lowest BCUT2D eigenvalue weighted by molar-refractivity contribution is 0.281. The van der Waals surface area contributed by atoms with E-state index in [9.17, 15) is 0 Å². The number of aromatic nitrogens is 1. The molecule has 0 aliphatic rings. The lowest BCUT2D eigenvalue weighted by Gasteiger charge is -2.11. The average molecular weight is 181 g/mol. The number of hydrogen-bond donors (Lipinski definition) is 3. The predicted octanol–water partition coefficient (Wildman–Crippen LogP) is -0.844. The minimum Gasteiger partial charge on any atom is -0.392 e. The lowest BCUT2D eigenvalue weighted by atomic mass is 10.3. The topological polar surface area (TPSA) is 101 Å². The van der Waals surface area contributed by atoms with E-state index in [1.54, 1.807) is 18.5 Å². The lowest BCUT2D eigenvalue weighted by Crippen LogP contribution is -2.29. The number of anilines is 1. The number of nitrogens with zero attached hydrogens (tertiary/aromatic N) is 3. The highest BCUT2D eigenvalue weighted by atomic mass is 16.3. The van der Waals surface area contributed by atoms with Crippen molar-refractivity contribution < 1.29 is 5.11 Å². The van der Waals surface area contributed by atoms with E-state index in [2.05, 4.69) is 10.1 Å². The minimum atomic E-state index is -0.0750. The van der Waals surface area contributed by atoms with Gasteiger partial charge in [-0.15, -0.1) is 0 Å². The highest BCUT2D eigenvalue weighted by Crippen LogP contribution is 2.09. The molecule has 0 saturated heterocycles. The summed E-state index contributed by atoms with van der Waals surface area (Å²) in [6.45, 7) is -0.0750. The van der Waals surface area contributed by atoms with Crippen molar-refractivity contribution in [3.63, 3.8) is 0 Å². The van der Waals surface area contributed by atoms with Crippen LogP contribution in [0.3, 0.4) is 0 Å². The van der Waals surface area contributed by atoms with Crippen LogP contribution in [0, 0.1) is 0 Å². The van der Waals surface area contributed by atoms with Gasteiger partial charge in [-0.25, -0.2) is 5.84 Å². The monoisotopic (exact) mass is 181 g/mol. The van der Waals surface area contributed by atoms with E-state index in [1.165, 1.54) is 11.3 Å². The number of aliphatic hydroxyl groups excluding tert-OH is 1. The molecule has 1 aromatic heterocycles. The van der Waals surface area contributed by atoms with Crippen LogP contribution in [0.2, 0.25) is 0 Å².